The molecule has 132 valence electrons. The lowest BCUT2D eigenvalue weighted by atomic mass is 10.1. The van der Waals surface area contributed by atoms with Crippen LogP contribution >= 0.6 is 22.9 Å². The molecule has 0 aliphatic carbocycles. The summed E-state index contributed by atoms with van der Waals surface area (Å²) in [5.74, 6) is -1.20. The third-order valence-corrected chi connectivity index (χ3v) is 5.25. The maximum absolute atomic E-state index is 12.4. The van der Waals surface area contributed by atoms with Gasteiger partial charge in [-0.2, -0.15) is 9.64 Å². The zero-order chi connectivity index (χ0) is 18.6. The van der Waals surface area contributed by atoms with E-state index in [0.717, 1.165) is 22.9 Å². The van der Waals surface area contributed by atoms with E-state index in [0.29, 0.717) is 16.3 Å². The van der Waals surface area contributed by atoms with Crippen LogP contribution in [0.1, 0.15) is 43.8 Å². The zero-order valence-corrected chi connectivity index (χ0v) is 15.5. The van der Waals surface area contributed by atoms with E-state index in [1.807, 2.05) is 6.07 Å². The van der Waals surface area contributed by atoms with E-state index in [-0.39, 0.29) is 34.2 Å². The average molecular weight is 380 g/mol. The van der Waals surface area contributed by atoms with E-state index >= 15 is 0 Å². The van der Waals surface area contributed by atoms with Gasteiger partial charge in [0, 0.05) is 12.6 Å². The minimum atomic E-state index is -0.601. The molecular formula is C15H16N4O4S2. The molecule has 25 heavy (non-hydrogen) atoms. The topological polar surface area (TPSA) is 127 Å². The predicted molar refractivity (Wildman–Crippen MR) is 94.9 cm³/mol. The van der Waals surface area contributed by atoms with Gasteiger partial charge in [0.05, 0.1) is 17.9 Å². The maximum atomic E-state index is 12.4. The second-order valence-electron chi connectivity index (χ2n) is 4.78. The normalized spacial score (nSPS) is 10.2. The Balaban J connectivity index is 2.28. The van der Waals surface area contributed by atoms with E-state index in [1.54, 1.807) is 20.9 Å². The highest BCUT2D eigenvalue weighted by atomic mass is 32.1. The largest absolute Gasteiger partial charge is 0.462 e. The smallest absolute Gasteiger partial charge is 0.348 e. The standard InChI is InChI=1S/C15H16N4O4S2/c1-4-22-15(21)11-9(8(5-16)12(17)24-11)6-23-14(20)10-7(2)19-25-13(10)18-3/h18H,4,6,17H2,1-3H3. The van der Waals surface area contributed by atoms with Gasteiger partial charge in [0.1, 0.15) is 33.1 Å². The molecular weight excluding hydrogens is 364 g/mol. The third kappa shape index (κ3) is 3.72. The van der Waals surface area contributed by atoms with Gasteiger partial charge in [-0.3, -0.25) is 0 Å². The van der Waals surface area contributed by atoms with E-state index in [4.69, 9.17) is 15.2 Å². The van der Waals surface area contributed by atoms with Crippen molar-refractivity contribution in [3.05, 3.63) is 27.3 Å². The summed E-state index contributed by atoms with van der Waals surface area (Å²) in [6.07, 6.45) is 0. The first-order chi connectivity index (χ1) is 11.9. The molecule has 10 heteroatoms. The molecule has 2 rings (SSSR count). The van der Waals surface area contributed by atoms with Crippen LogP contribution < -0.4 is 11.1 Å². The van der Waals surface area contributed by atoms with Gasteiger partial charge >= 0.3 is 11.9 Å². The van der Waals surface area contributed by atoms with Crippen LogP contribution in [-0.4, -0.2) is 30.0 Å². The molecule has 8 nitrogen and oxygen atoms in total. The Kier molecular flexibility index (Phi) is 5.95. The van der Waals surface area contributed by atoms with Gasteiger partial charge in [-0.25, -0.2) is 9.59 Å². The minimum absolute atomic E-state index is 0.120. The first kappa shape index (κ1) is 18.7. The number of hydrogen-bond donors (Lipinski definition) is 2. The van der Waals surface area contributed by atoms with Crippen LogP contribution in [0.2, 0.25) is 0 Å². The van der Waals surface area contributed by atoms with Crippen molar-refractivity contribution >= 4 is 44.8 Å². The quantitative estimate of drug-likeness (QED) is 0.732. The monoisotopic (exact) mass is 380 g/mol. The summed E-state index contributed by atoms with van der Waals surface area (Å²) < 4.78 is 14.4. The van der Waals surface area contributed by atoms with Gasteiger partial charge in [0.2, 0.25) is 0 Å². The average Bonchev–Trinajstić information content (AvgIpc) is 3.12. The highest BCUT2D eigenvalue weighted by Gasteiger charge is 2.25. The number of ether oxygens (including phenoxy) is 2. The van der Waals surface area contributed by atoms with Crippen molar-refractivity contribution in [3.8, 4) is 6.07 Å². The van der Waals surface area contributed by atoms with Gasteiger partial charge in [-0.15, -0.1) is 11.3 Å². The number of nitrogen functional groups attached to an aromatic ring is 1. The predicted octanol–water partition coefficient (Wildman–Crippen LogP) is 2.54. The Morgan fingerprint density at radius 2 is 2.08 bits per heavy atom. The summed E-state index contributed by atoms with van der Waals surface area (Å²) in [6, 6.07) is 1.94. The number of thiophene rings is 1. The fourth-order valence-electron chi connectivity index (χ4n) is 2.10. The van der Waals surface area contributed by atoms with Crippen LogP contribution in [-0.2, 0) is 16.1 Å². The molecule has 0 amide bonds. The lowest BCUT2D eigenvalue weighted by Crippen LogP contribution is -2.11. The Bertz CT molecular complexity index is 851. The van der Waals surface area contributed by atoms with Crippen molar-refractivity contribution in [1.29, 1.82) is 5.26 Å². The molecule has 0 fully saturated rings. The van der Waals surface area contributed by atoms with E-state index in [9.17, 15) is 14.9 Å². The molecule has 3 N–H and O–H groups in total. The minimum Gasteiger partial charge on any atom is -0.462 e. The van der Waals surface area contributed by atoms with Gasteiger partial charge in [0.15, 0.2) is 0 Å². The summed E-state index contributed by atoms with van der Waals surface area (Å²) in [7, 11) is 1.68. The number of esters is 2. The van der Waals surface area contributed by atoms with E-state index in [1.165, 1.54) is 0 Å². The van der Waals surface area contributed by atoms with E-state index in [2.05, 4.69) is 9.69 Å². The number of aryl methyl sites for hydroxylation is 1. The second-order valence-corrected chi connectivity index (χ2v) is 6.61. The maximum Gasteiger partial charge on any atom is 0.348 e. The van der Waals surface area contributed by atoms with Gasteiger partial charge in [-0.05, 0) is 25.4 Å². The van der Waals surface area contributed by atoms with Crippen LogP contribution in [0.25, 0.3) is 0 Å². The number of nitriles is 1. The molecule has 0 radical (unpaired) electrons. The number of nitrogens with zero attached hydrogens (tertiary/aromatic N) is 2. The number of carbonyl (C=O) groups is 2. The fraction of sp³-hybridized carbons (Fsp3) is 0.333. The number of anilines is 2. The number of nitrogens with one attached hydrogen (secondary N) is 1. The molecule has 0 aliphatic rings. The third-order valence-electron chi connectivity index (χ3n) is 3.25. The molecule has 0 saturated carbocycles. The highest BCUT2D eigenvalue weighted by Crippen LogP contribution is 2.32. The highest BCUT2D eigenvalue weighted by molar-refractivity contribution is 7.18. The SMILES string of the molecule is CCOC(=O)c1sc(N)c(C#N)c1COC(=O)c1c(C)nsc1NC. The van der Waals surface area contributed by atoms with Gasteiger partial charge in [-0.1, -0.05) is 0 Å². The molecule has 0 unspecified atom stereocenters. The summed E-state index contributed by atoms with van der Waals surface area (Å²) in [5.41, 5.74) is 7.02. The number of nitrogens with two attached hydrogens (primary N) is 1. The molecule has 0 saturated heterocycles. The van der Waals surface area contributed by atoms with Crippen molar-refractivity contribution < 1.29 is 19.1 Å². The van der Waals surface area contributed by atoms with Crippen molar-refractivity contribution in [1.82, 2.24) is 4.37 Å². The van der Waals surface area contributed by atoms with E-state index < -0.39 is 11.9 Å². The van der Waals surface area contributed by atoms with Crippen LogP contribution in [0.5, 0.6) is 0 Å². The van der Waals surface area contributed by atoms with Crippen LogP contribution in [0.3, 0.4) is 0 Å². The van der Waals surface area contributed by atoms with Crippen LogP contribution in [0.15, 0.2) is 0 Å². The molecule has 2 aromatic rings. The molecule has 0 aromatic carbocycles. The Labute approximate surface area is 152 Å². The van der Waals surface area contributed by atoms with Crippen molar-refractivity contribution in [2.45, 2.75) is 20.5 Å². The molecule has 2 aromatic heterocycles. The van der Waals surface area contributed by atoms with Gasteiger partial charge in [0.25, 0.3) is 0 Å². The number of rotatable bonds is 6. The van der Waals surface area contributed by atoms with Crippen molar-refractivity contribution in [2.24, 2.45) is 0 Å². The fourth-order valence-corrected chi connectivity index (χ4v) is 3.75. The number of carbonyl (C=O) groups excluding carboxylic acids is 2. The zero-order valence-electron chi connectivity index (χ0n) is 13.8. The first-order valence-corrected chi connectivity index (χ1v) is 8.83. The van der Waals surface area contributed by atoms with Crippen molar-refractivity contribution in [3.63, 3.8) is 0 Å². The summed E-state index contributed by atoms with van der Waals surface area (Å²) in [6.45, 7) is 3.29. The second kappa shape index (κ2) is 7.96. The summed E-state index contributed by atoms with van der Waals surface area (Å²) in [4.78, 5) is 24.6. The Morgan fingerprint density at radius 1 is 1.36 bits per heavy atom. The number of aromatic nitrogens is 1. The first-order valence-electron chi connectivity index (χ1n) is 7.24. The lowest BCUT2D eigenvalue weighted by Gasteiger charge is -2.07. The molecule has 0 atom stereocenters. The Morgan fingerprint density at radius 3 is 2.68 bits per heavy atom. The number of hydrogen-bond acceptors (Lipinski definition) is 10. The van der Waals surface area contributed by atoms with Crippen LogP contribution in [0.4, 0.5) is 10.0 Å². The molecule has 0 bridgehead atoms. The summed E-state index contributed by atoms with van der Waals surface area (Å²) in [5, 5.41) is 12.9. The summed E-state index contributed by atoms with van der Waals surface area (Å²) >= 11 is 2.09. The van der Waals surface area contributed by atoms with Gasteiger partial charge < -0.3 is 20.5 Å². The van der Waals surface area contributed by atoms with Crippen LogP contribution in [0, 0.1) is 18.3 Å². The molecule has 0 spiro atoms. The Hall–Kier alpha value is -2.64. The lowest BCUT2D eigenvalue weighted by molar-refractivity contribution is 0.0453. The molecule has 2 heterocycles. The molecule has 0 aliphatic heterocycles. The van der Waals surface area contributed by atoms with Crippen molar-refractivity contribution in [2.75, 3.05) is 24.7 Å².